The smallest absolute Gasteiger partial charge is 0.319 e. The van der Waals surface area contributed by atoms with Gasteiger partial charge >= 0.3 is 6.01 Å². The molecule has 0 aromatic carbocycles. The number of rotatable bonds is 3. The Morgan fingerprint density at radius 3 is 2.67 bits per heavy atom. The Bertz CT molecular complexity index is 497. The van der Waals surface area contributed by atoms with Gasteiger partial charge in [-0.15, -0.1) is 0 Å². The molecule has 0 spiro atoms. The molecule has 1 aromatic rings. The average molecular weight is 247 g/mol. The van der Waals surface area contributed by atoms with Crippen molar-refractivity contribution in [3.63, 3.8) is 0 Å². The van der Waals surface area contributed by atoms with Gasteiger partial charge in [0.2, 0.25) is 5.88 Å². The summed E-state index contributed by atoms with van der Waals surface area (Å²) >= 11 is 0. The predicted octanol–water partition coefficient (Wildman–Crippen LogP) is 2.20. The van der Waals surface area contributed by atoms with Crippen LogP contribution in [0.2, 0.25) is 0 Å². The van der Waals surface area contributed by atoms with E-state index in [-0.39, 0.29) is 6.04 Å². The van der Waals surface area contributed by atoms with Crippen molar-refractivity contribution in [2.45, 2.75) is 19.9 Å². The SMILES string of the molecule is COc1ncc(C2N=C(C)C=CC2C)c(OC)n1. The standard InChI is InChI=1S/C13H17N3O2/c1-8-5-6-9(2)15-11(8)10-7-14-13(18-4)16-12(10)17-3/h5-8,11H,1-4H3. The number of ether oxygens (including phenoxy) is 2. The summed E-state index contributed by atoms with van der Waals surface area (Å²) in [6.45, 7) is 4.09. The van der Waals surface area contributed by atoms with Gasteiger partial charge in [0.15, 0.2) is 0 Å². The number of hydrogen-bond donors (Lipinski definition) is 0. The van der Waals surface area contributed by atoms with Crippen molar-refractivity contribution in [2.24, 2.45) is 10.9 Å². The summed E-state index contributed by atoms with van der Waals surface area (Å²) in [5, 5.41) is 0. The third kappa shape index (κ3) is 2.34. The minimum absolute atomic E-state index is 0.00384. The Morgan fingerprint density at radius 1 is 1.22 bits per heavy atom. The van der Waals surface area contributed by atoms with Crippen molar-refractivity contribution in [1.82, 2.24) is 9.97 Å². The summed E-state index contributed by atoms with van der Waals surface area (Å²) in [7, 11) is 3.12. The quantitative estimate of drug-likeness (QED) is 0.821. The van der Waals surface area contributed by atoms with Crippen molar-refractivity contribution in [3.8, 4) is 11.9 Å². The first-order valence-electron chi connectivity index (χ1n) is 5.83. The van der Waals surface area contributed by atoms with Gasteiger partial charge < -0.3 is 9.47 Å². The van der Waals surface area contributed by atoms with Crippen molar-refractivity contribution in [1.29, 1.82) is 0 Å². The van der Waals surface area contributed by atoms with E-state index < -0.39 is 0 Å². The first-order chi connectivity index (χ1) is 8.65. The number of methoxy groups -OCH3 is 2. The van der Waals surface area contributed by atoms with Crippen LogP contribution in [-0.2, 0) is 0 Å². The van der Waals surface area contributed by atoms with E-state index in [0.717, 1.165) is 11.3 Å². The second-order valence-corrected chi connectivity index (χ2v) is 4.25. The summed E-state index contributed by atoms with van der Waals surface area (Å²) in [6.07, 6.45) is 5.89. The maximum Gasteiger partial charge on any atom is 0.319 e. The predicted molar refractivity (Wildman–Crippen MR) is 69.3 cm³/mol. The van der Waals surface area contributed by atoms with Crippen molar-refractivity contribution in [2.75, 3.05) is 14.2 Å². The zero-order valence-corrected chi connectivity index (χ0v) is 11.0. The van der Waals surface area contributed by atoms with Crippen LogP contribution in [0.15, 0.2) is 23.3 Å². The lowest BCUT2D eigenvalue weighted by Gasteiger charge is -2.22. The van der Waals surface area contributed by atoms with E-state index in [4.69, 9.17) is 9.47 Å². The van der Waals surface area contributed by atoms with Crippen molar-refractivity contribution >= 4 is 5.71 Å². The number of dihydropyridines is 1. The molecule has 2 rings (SSSR count). The van der Waals surface area contributed by atoms with Crippen LogP contribution in [0.1, 0.15) is 25.5 Å². The first-order valence-corrected chi connectivity index (χ1v) is 5.83. The number of aliphatic imine (C=N–C) groups is 1. The fraction of sp³-hybridized carbons (Fsp3) is 0.462. The van der Waals surface area contributed by atoms with Crippen LogP contribution in [0.5, 0.6) is 11.9 Å². The van der Waals surface area contributed by atoms with Crippen LogP contribution in [0, 0.1) is 5.92 Å². The lowest BCUT2D eigenvalue weighted by atomic mass is 9.93. The Kier molecular flexibility index (Phi) is 3.60. The molecule has 0 aliphatic carbocycles. The Morgan fingerprint density at radius 2 is 2.00 bits per heavy atom. The monoisotopic (exact) mass is 247 g/mol. The van der Waals surface area contributed by atoms with Gasteiger partial charge in [0.25, 0.3) is 0 Å². The molecule has 0 radical (unpaired) electrons. The van der Waals surface area contributed by atoms with Gasteiger partial charge in [0, 0.05) is 17.8 Å². The molecule has 1 aromatic heterocycles. The molecule has 0 amide bonds. The fourth-order valence-electron chi connectivity index (χ4n) is 1.95. The van der Waals surface area contributed by atoms with Crippen molar-refractivity contribution < 1.29 is 9.47 Å². The molecule has 2 heterocycles. The van der Waals surface area contributed by atoms with Gasteiger partial charge in [-0.05, 0) is 13.0 Å². The van der Waals surface area contributed by atoms with E-state index in [9.17, 15) is 0 Å². The van der Waals surface area contributed by atoms with Gasteiger partial charge in [-0.25, -0.2) is 4.98 Å². The molecule has 5 heteroatoms. The summed E-state index contributed by atoms with van der Waals surface area (Å²) in [6, 6.07) is 0.297. The maximum atomic E-state index is 5.30. The van der Waals surface area contributed by atoms with E-state index in [1.165, 1.54) is 7.11 Å². The van der Waals surface area contributed by atoms with Gasteiger partial charge in [-0.2, -0.15) is 4.98 Å². The van der Waals surface area contributed by atoms with E-state index in [1.807, 2.05) is 13.0 Å². The second kappa shape index (κ2) is 5.16. The molecular weight excluding hydrogens is 230 g/mol. The molecule has 0 N–H and O–H groups in total. The summed E-state index contributed by atoms with van der Waals surface area (Å²) in [4.78, 5) is 13.0. The van der Waals surface area contributed by atoms with Crippen LogP contribution in [0.4, 0.5) is 0 Å². The molecule has 96 valence electrons. The van der Waals surface area contributed by atoms with Crippen LogP contribution >= 0.6 is 0 Å². The van der Waals surface area contributed by atoms with Crippen LogP contribution in [-0.4, -0.2) is 29.9 Å². The third-order valence-electron chi connectivity index (χ3n) is 2.93. The highest BCUT2D eigenvalue weighted by Gasteiger charge is 2.24. The largest absolute Gasteiger partial charge is 0.481 e. The number of aromatic nitrogens is 2. The lowest BCUT2D eigenvalue weighted by molar-refractivity contribution is 0.344. The fourth-order valence-corrected chi connectivity index (χ4v) is 1.95. The molecule has 2 atom stereocenters. The molecule has 5 nitrogen and oxygen atoms in total. The molecule has 2 unspecified atom stereocenters. The number of allylic oxidation sites excluding steroid dienone is 1. The highest BCUT2D eigenvalue weighted by Crippen LogP contribution is 2.34. The minimum Gasteiger partial charge on any atom is -0.481 e. The second-order valence-electron chi connectivity index (χ2n) is 4.25. The molecule has 1 aliphatic rings. The number of hydrogen-bond acceptors (Lipinski definition) is 5. The normalized spacial score (nSPS) is 22.6. The molecular formula is C13H17N3O2. The molecule has 0 bridgehead atoms. The topological polar surface area (TPSA) is 56.6 Å². The van der Waals surface area contributed by atoms with Gasteiger partial charge in [0.1, 0.15) is 0 Å². The van der Waals surface area contributed by atoms with Crippen molar-refractivity contribution in [3.05, 3.63) is 23.9 Å². The molecule has 0 saturated carbocycles. The summed E-state index contributed by atoms with van der Waals surface area (Å²) < 4.78 is 10.3. The van der Waals surface area contributed by atoms with Crippen LogP contribution in [0.3, 0.4) is 0 Å². The minimum atomic E-state index is -0.00384. The maximum absolute atomic E-state index is 5.30. The molecule has 18 heavy (non-hydrogen) atoms. The lowest BCUT2D eigenvalue weighted by Crippen LogP contribution is -2.14. The van der Waals surface area contributed by atoms with Gasteiger partial charge in [0.05, 0.1) is 25.8 Å². The Hall–Kier alpha value is -1.91. The van der Waals surface area contributed by atoms with E-state index in [2.05, 4.69) is 28.0 Å². The van der Waals surface area contributed by atoms with E-state index >= 15 is 0 Å². The van der Waals surface area contributed by atoms with Crippen LogP contribution < -0.4 is 9.47 Å². The van der Waals surface area contributed by atoms with Gasteiger partial charge in [-0.1, -0.05) is 13.0 Å². The molecule has 0 fully saturated rings. The molecule has 1 aliphatic heterocycles. The molecule has 0 saturated heterocycles. The zero-order chi connectivity index (χ0) is 13.1. The third-order valence-corrected chi connectivity index (χ3v) is 2.93. The number of nitrogens with zero attached hydrogens (tertiary/aromatic N) is 3. The van der Waals surface area contributed by atoms with Gasteiger partial charge in [-0.3, -0.25) is 4.99 Å². The highest BCUT2D eigenvalue weighted by atomic mass is 16.5. The Balaban J connectivity index is 2.41. The van der Waals surface area contributed by atoms with E-state index in [1.54, 1.807) is 13.3 Å². The van der Waals surface area contributed by atoms with Crippen LogP contribution in [0.25, 0.3) is 0 Å². The first kappa shape index (κ1) is 12.5. The van der Waals surface area contributed by atoms with E-state index in [0.29, 0.717) is 17.8 Å². The zero-order valence-electron chi connectivity index (χ0n) is 11.0. The average Bonchev–Trinajstić information content (AvgIpc) is 2.41. The summed E-state index contributed by atoms with van der Waals surface area (Å²) in [5.74, 6) is 0.810. The highest BCUT2D eigenvalue weighted by molar-refractivity contribution is 5.93. The Labute approximate surface area is 107 Å². The summed E-state index contributed by atoms with van der Waals surface area (Å²) in [5.41, 5.74) is 1.88.